The maximum absolute atomic E-state index is 12.4. The number of nitrogens with zero attached hydrogens (tertiary/aromatic N) is 1. The smallest absolute Gasteiger partial charge is 0.231 e. The van der Waals surface area contributed by atoms with Gasteiger partial charge < -0.3 is 11.1 Å². The molecule has 2 aliphatic heterocycles. The van der Waals surface area contributed by atoms with Gasteiger partial charge in [0.25, 0.3) is 0 Å². The van der Waals surface area contributed by atoms with Crippen molar-refractivity contribution in [2.45, 2.75) is 39.2 Å². The van der Waals surface area contributed by atoms with E-state index in [0.717, 1.165) is 6.54 Å². The first-order valence-electron chi connectivity index (χ1n) is 8.66. The monoisotopic (exact) mass is 359 g/mol. The van der Waals surface area contributed by atoms with E-state index in [0.29, 0.717) is 37.6 Å². The van der Waals surface area contributed by atoms with Crippen LogP contribution in [0.1, 0.15) is 33.1 Å². The molecule has 3 N–H and O–H groups in total. The molecule has 2 rings (SSSR count). The van der Waals surface area contributed by atoms with E-state index in [1.807, 2.05) is 4.90 Å². The van der Waals surface area contributed by atoms with Crippen molar-refractivity contribution in [1.82, 2.24) is 10.2 Å². The molecule has 0 aromatic carbocycles. The summed E-state index contributed by atoms with van der Waals surface area (Å²) in [7, 11) is -2.89. The van der Waals surface area contributed by atoms with E-state index in [4.69, 9.17) is 5.73 Å². The first-order chi connectivity index (χ1) is 11.2. The molecule has 7 nitrogen and oxygen atoms in total. The highest BCUT2D eigenvalue weighted by Crippen LogP contribution is 2.26. The summed E-state index contributed by atoms with van der Waals surface area (Å²) in [6, 6.07) is 0.0178. The van der Waals surface area contributed by atoms with Crippen molar-refractivity contribution < 1.29 is 18.0 Å². The van der Waals surface area contributed by atoms with Crippen LogP contribution in [0.4, 0.5) is 0 Å². The summed E-state index contributed by atoms with van der Waals surface area (Å²) in [5, 5.41) is 3.10. The Morgan fingerprint density at radius 1 is 1.21 bits per heavy atom. The molecule has 0 bridgehead atoms. The zero-order chi connectivity index (χ0) is 17.9. The molecule has 2 saturated heterocycles. The Hall–Kier alpha value is -1.15. The lowest BCUT2D eigenvalue weighted by Gasteiger charge is -2.25. The lowest BCUT2D eigenvalue weighted by Crippen LogP contribution is -2.43. The van der Waals surface area contributed by atoms with Crippen LogP contribution in [0.3, 0.4) is 0 Å². The van der Waals surface area contributed by atoms with E-state index in [1.54, 1.807) is 0 Å². The second-order valence-electron chi connectivity index (χ2n) is 7.54. The molecule has 0 unspecified atom stereocenters. The Bertz CT molecular complexity index is 562. The molecule has 2 heterocycles. The average Bonchev–Trinajstić information content (AvgIpc) is 2.83. The number of sulfone groups is 1. The summed E-state index contributed by atoms with van der Waals surface area (Å²) in [5.41, 5.74) is 5.27. The van der Waals surface area contributed by atoms with E-state index < -0.39 is 9.84 Å². The number of rotatable bonds is 6. The van der Waals surface area contributed by atoms with Gasteiger partial charge in [0.15, 0.2) is 0 Å². The van der Waals surface area contributed by atoms with Crippen LogP contribution in [0.5, 0.6) is 0 Å². The Labute approximate surface area is 144 Å². The largest absolute Gasteiger partial charge is 0.369 e. The second kappa shape index (κ2) is 7.82. The van der Waals surface area contributed by atoms with Gasteiger partial charge in [-0.2, -0.15) is 0 Å². The topological polar surface area (TPSA) is 110 Å². The van der Waals surface area contributed by atoms with Gasteiger partial charge in [0.2, 0.25) is 11.8 Å². The van der Waals surface area contributed by atoms with Crippen LogP contribution in [0.2, 0.25) is 0 Å². The molecule has 24 heavy (non-hydrogen) atoms. The number of carbonyl (C=O) groups excluding carboxylic acids is 2. The van der Waals surface area contributed by atoms with Gasteiger partial charge in [-0.25, -0.2) is 8.42 Å². The lowest BCUT2D eigenvalue weighted by atomic mass is 9.90. The Balaban J connectivity index is 1.86. The molecule has 2 atom stereocenters. The highest BCUT2D eigenvalue weighted by atomic mass is 32.2. The third kappa shape index (κ3) is 5.44. The zero-order valence-corrected chi connectivity index (χ0v) is 15.3. The van der Waals surface area contributed by atoms with Gasteiger partial charge >= 0.3 is 0 Å². The first-order valence-corrected chi connectivity index (χ1v) is 10.5. The molecule has 0 aromatic heterocycles. The van der Waals surface area contributed by atoms with Crippen LogP contribution in [0, 0.1) is 17.8 Å². The van der Waals surface area contributed by atoms with E-state index in [9.17, 15) is 18.0 Å². The standard InChI is InChI=1S/C16H29N3O4S/c1-11(2)13-8-19(10-15(17)20)9-14(13)18-16(21)7-12-3-5-24(22,23)6-4-12/h11-14H,3-10H2,1-2H3,(H2,17,20)(H,18,21)/t13-,14+/m0/s1. The van der Waals surface area contributed by atoms with E-state index in [2.05, 4.69) is 19.2 Å². The summed E-state index contributed by atoms with van der Waals surface area (Å²) in [6.45, 7) is 5.84. The van der Waals surface area contributed by atoms with Crippen LogP contribution in [-0.4, -0.2) is 62.3 Å². The molecule has 0 saturated carbocycles. The summed E-state index contributed by atoms with van der Waals surface area (Å²) >= 11 is 0. The van der Waals surface area contributed by atoms with Gasteiger partial charge in [0.1, 0.15) is 9.84 Å². The number of likely N-dealkylation sites (tertiary alicyclic amines) is 1. The number of carbonyl (C=O) groups is 2. The lowest BCUT2D eigenvalue weighted by molar-refractivity contribution is -0.123. The van der Waals surface area contributed by atoms with Crippen molar-refractivity contribution in [3.63, 3.8) is 0 Å². The number of nitrogens with one attached hydrogen (secondary N) is 1. The number of amides is 2. The molecule has 8 heteroatoms. The number of hydrogen-bond acceptors (Lipinski definition) is 5. The predicted octanol–water partition coefficient (Wildman–Crippen LogP) is -0.241. The van der Waals surface area contributed by atoms with Gasteiger partial charge in [-0.3, -0.25) is 14.5 Å². The average molecular weight is 359 g/mol. The quantitative estimate of drug-likeness (QED) is 0.680. The number of primary amides is 1. The Morgan fingerprint density at radius 2 is 1.83 bits per heavy atom. The van der Waals surface area contributed by atoms with Crippen LogP contribution in [0.15, 0.2) is 0 Å². The molecule has 0 spiro atoms. The van der Waals surface area contributed by atoms with Gasteiger partial charge in [-0.15, -0.1) is 0 Å². The summed E-state index contributed by atoms with van der Waals surface area (Å²) < 4.78 is 22.9. The Morgan fingerprint density at radius 3 is 2.38 bits per heavy atom. The molecule has 2 aliphatic rings. The highest BCUT2D eigenvalue weighted by Gasteiger charge is 2.36. The SMILES string of the molecule is CC(C)[C@@H]1CN(CC(N)=O)C[C@H]1NC(=O)CC1CCS(=O)(=O)CC1. The summed E-state index contributed by atoms with van der Waals surface area (Å²) in [6.07, 6.45) is 1.52. The molecular formula is C16H29N3O4S. The first kappa shape index (κ1) is 19.2. The minimum absolute atomic E-state index is 0.0177. The maximum atomic E-state index is 12.4. The Kier molecular flexibility index (Phi) is 6.25. The molecule has 2 amide bonds. The summed E-state index contributed by atoms with van der Waals surface area (Å²) in [4.78, 5) is 25.5. The fourth-order valence-electron chi connectivity index (χ4n) is 3.76. The van der Waals surface area contributed by atoms with E-state index in [1.165, 1.54) is 0 Å². The van der Waals surface area contributed by atoms with Gasteiger partial charge in [-0.1, -0.05) is 13.8 Å². The fraction of sp³-hybridized carbons (Fsp3) is 0.875. The summed E-state index contributed by atoms with van der Waals surface area (Å²) in [5.74, 6) is 0.844. The predicted molar refractivity (Wildman–Crippen MR) is 91.9 cm³/mol. The zero-order valence-electron chi connectivity index (χ0n) is 14.5. The van der Waals surface area contributed by atoms with Crippen molar-refractivity contribution in [2.24, 2.45) is 23.5 Å². The third-order valence-electron chi connectivity index (χ3n) is 5.17. The molecule has 2 fully saturated rings. The van der Waals surface area contributed by atoms with E-state index in [-0.39, 0.29) is 41.8 Å². The maximum Gasteiger partial charge on any atom is 0.231 e. The van der Waals surface area contributed by atoms with Gasteiger partial charge in [0, 0.05) is 25.6 Å². The molecule has 0 aromatic rings. The van der Waals surface area contributed by atoms with Crippen molar-refractivity contribution in [2.75, 3.05) is 31.1 Å². The molecule has 0 radical (unpaired) electrons. The minimum Gasteiger partial charge on any atom is -0.369 e. The highest BCUT2D eigenvalue weighted by molar-refractivity contribution is 7.91. The molecule has 138 valence electrons. The second-order valence-corrected chi connectivity index (χ2v) is 9.85. The van der Waals surface area contributed by atoms with Crippen LogP contribution in [0.25, 0.3) is 0 Å². The fourth-order valence-corrected chi connectivity index (χ4v) is 5.35. The minimum atomic E-state index is -2.89. The van der Waals surface area contributed by atoms with Gasteiger partial charge in [0.05, 0.1) is 18.1 Å². The third-order valence-corrected chi connectivity index (χ3v) is 6.89. The number of hydrogen-bond donors (Lipinski definition) is 2. The van der Waals surface area contributed by atoms with E-state index >= 15 is 0 Å². The van der Waals surface area contributed by atoms with Crippen LogP contribution in [-0.2, 0) is 19.4 Å². The van der Waals surface area contributed by atoms with Crippen LogP contribution >= 0.6 is 0 Å². The van der Waals surface area contributed by atoms with Crippen molar-refractivity contribution in [3.05, 3.63) is 0 Å². The van der Waals surface area contributed by atoms with Crippen molar-refractivity contribution in [3.8, 4) is 0 Å². The van der Waals surface area contributed by atoms with Gasteiger partial charge in [-0.05, 0) is 30.6 Å². The molecular weight excluding hydrogens is 330 g/mol. The van der Waals surface area contributed by atoms with Crippen molar-refractivity contribution >= 4 is 21.7 Å². The van der Waals surface area contributed by atoms with Crippen molar-refractivity contribution in [1.29, 1.82) is 0 Å². The van der Waals surface area contributed by atoms with Crippen LogP contribution < -0.4 is 11.1 Å². The normalized spacial score (nSPS) is 28.1. The number of nitrogens with two attached hydrogens (primary N) is 1. The molecule has 0 aliphatic carbocycles.